The minimum Gasteiger partial charge on any atom is -0.348 e. The molecule has 1 aliphatic rings. The second-order valence-electron chi connectivity index (χ2n) is 5.80. The summed E-state index contributed by atoms with van der Waals surface area (Å²) in [4.78, 5) is 15.5. The topological polar surface area (TPSA) is 58.4 Å². The highest BCUT2D eigenvalue weighted by molar-refractivity contribution is 7.10. The second-order valence-corrected chi connectivity index (χ2v) is 6.78. The van der Waals surface area contributed by atoms with E-state index in [-0.39, 0.29) is 11.9 Å². The summed E-state index contributed by atoms with van der Waals surface area (Å²) < 4.78 is 0. The molecule has 1 amide bonds. The number of thiophene rings is 1. The van der Waals surface area contributed by atoms with Gasteiger partial charge in [0.1, 0.15) is 0 Å². The van der Waals surface area contributed by atoms with E-state index in [1.54, 1.807) is 11.3 Å². The molecule has 0 saturated carbocycles. The van der Waals surface area contributed by atoms with Crippen molar-refractivity contribution >= 4 is 17.2 Å². The first-order valence-corrected chi connectivity index (χ1v) is 8.23. The van der Waals surface area contributed by atoms with Gasteiger partial charge in [-0.1, -0.05) is 13.0 Å². The van der Waals surface area contributed by atoms with E-state index in [9.17, 15) is 4.79 Å². The van der Waals surface area contributed by atoms with Gasteiger partial charge in [0.2, 0.25) is 5.91 Å². The van der Waals surface area contributed by atoms with Crippen LogP contribution in [0.1, 0.15) is 31.2 Å². The molecule has 2 rings (SSSR count). The van der Waals surface area contributed by atoms with Crippen molar-refractivity contribution in [3.8, 4) is 0 Å². The van der Waals surface area contributed by atoms with Crippen LogP contribution < -0.4 is 11.1 Å². The van der Waals surface area contributed by atoms with Crippen LogP contribution in [-0.4, -0.2) is 37.0 Å². The number of nitrogens with one attached hydrogen (secondary N) is 1. The lowest BCUT2D eigenvalue weighted by atomic mass is 9.87. The van der Waals surface area contributed by atoms with Crippen molar-refractivity contribution in [3.05, 3.63) is 22.4 Å². The molecule has 0 aromatic carbocycles. The molecule has 5 heteroatoms. The Balaban J connectivity index is 1.80. The normalized spacial score (nSPS) is 25.4. The first kappa shape index (κ1) is 15.5. The van der Waals surface area contributed by atoms with Gasteiger partial charge < -0.3 is 11.1 Å². The zero-order valence-corrected chi connectivity index (χ0v) is 13.2. The van der Waals surface area contributed by atoms with Crippen LogP contribution in [0.2, 0.25) is 0 Å². The average molecular weight is 295 g/mol. The SMILES string of the molecule is CC(NC(=O)CN1CCC(C)C(CN)C1)c1cccs1. The van der Waals surface area contributed by atoms with Gasteiger partial charge in [0.15, 0.2) is 0 Å². The molecule has 0 aliphatic carbocycles. The van der Waals surface area contributed by atoms with E-state index in [1.807, 2.05) is 18.4 Å². The van der Waals surface area contributed by atoms with Crippen molar-refractivity contribution in [2.24, 2.45) is 17.6 Å². The van der Waals surface area contributed by atoms with Crippen LogP contribution in [0, 0.1) is 11.8 Å². The van der Waals surface area contributed by atoms with Gasteiger partial charge in [0, 0.05) is 11.4 Å². The third-order valence-electron chi connectivity index (χ3n) is 4.22. The minimum absolute atomic E-state index is 0.0940. The number of nitrogens with zero attached hydrogens (tertiary/aromatic N) is 1. The van der Waals surface area contributed by atoms with E-state index in [2.05, 4.69) is 23.2 Å². The number of carbonyl (C=O) groups excluding carboxylic acids is 1. The Morgan fingerprint density at radius 2 is 2.45 bits per heavy atom. The van der Waals surface area contributed by atoms with Crippen molar-refractivity contribution in [2.45, 2.75) is 26.3 Å². The molecule has 1 aromatic heterocycles. The highest BCUT2D eigenvalue weighted by atomic mass is 32.1. The maximum Gasteiger partial charge on any atom is 0.234 e. The maximum absolute atomic E-state index is 12.1. The predicted octanol–water partition coefficient (Wildman–Crippen LogP) is 1.84. The van der Waals surface area contributed by atoms with Crippen molar-refractivity contribution < 1.29 is 4.79 Å². The van der Waals surface area contributed by atoms with Gasteiger partial charge in [0.05, 0.1) is 12.6 Å². The van der Waals surface area contributed by atoms with Gasteiger partial charge in [-0.3, -0.25) is 9.69 Å². The van der Waals surface area contributed by atoms with E-state index in [1.165, 1.54) is 4.88 Å². The van der Waals surface area contributed by atoms with Crippen molar-refractivity contribution in [2.75, 3.05) is 26.2 Å². The number of piperidine rings is 1. The van der Waals surface area contributed by atoms with Crippen LogP contribution in [-0.2, 0) is 4.79 Å². The lowest BCUT2D eigenvalue weighted by Crippen LogP contribution is -2.46. The van der Waals surface area contributed by atoms with Gasteiger partial charge >= 0.3 is 0 Å². The van der Waals surface area contributed by atoms with Gasteiger partial charge in [-0.2, -0.15) is 0 Å². The van der Waals surface area contributed by atoms with Crippen LogP contribution in [0.5, 0.6) is 0 Å². The molecule has 1 fully saturated rings. The Labute approximate surface area is 125 Å². The molecular formula is C15H25N3OS. The summed E-state index contributed by atoms with van der Waals surface area (Å²) in [6, 6.07) is 4.17. The largest absolute Gasteiger partial charge is 0.348 e. The Morgan fingerprint density at radius 3 is 3.10 bits per heavy atom. The first-order chi connectivity index (χ1) is 9.60. The fourth-order valence-corrected chi connectivity index (χ4v) is 3.51. The highest BCUT2D eigenvalue weighted by Crippen LogP contribution is 2.22. The third kappa shape index (κ3) is 4.04. The lowest BCUT2D eigenvalue weighted by Gasteiger charge is -2.36. The Bertz CT molecular complexity index is 421. The fourth-order valence-electron chi connectivity index (χ4n) is 2.77. The van der Waals surface area contributed by atoms with Crippen LogP contribution in [0.3, 0.4) is 0 Å². The quantitative estimate of drug-likeness (QED) is 0.871. The van der Waals surface area contributed by atoms with E-state index in [0.29, 0.717) is 24.9 Å². The monoisotopic (exact) mass is 295 g/mol. The number of carbonyl (C=O) groups is 1. The molecule has 3 atom stereocenters. The number of likely N-dealkylation sites (tertiary alicyclic amines) is 1. The molecule has 1 aliphatic heterocycles. The van der Waals surface area contributed by atoms with Crippen molar-refractivity contribution in [1.29, 1.82) is 0 Å². The molecule has 0 radical (unpaired) electrons. The number of amides is 1. The lowest BCUT2D eigenvalue weighted by molar-refractivity contribution is -0.123. The van der Waals surface area contributed by atoms with E-state index in [4.69, 9.17) is 5.73 Å². The first-order valence-electron chi connectivity index (χ1n) is 7.35. The summed E-state index contributed by atoms with van der Waals surface area (Å²) in [5, 5.41) is 5.11. The maximum atomic E-state index is 12.1. The summed E-state index contributed by atoms with van der Waals surface area (Å²) in [6.45, 7) is 7.43. The summed E-state index contributed by atoms with van der Waals surface area (Å²) in [7, 11) is 0. The fraction of sp³-hybridized carbons (Fsp3) is 0.667. The standard InChI is InChI=1S/C15H25N3OS/c1-11-5-6-18(9-13(11)8-16)10-15(19)17-12(2)14-4-3-7-20-14/h3-4,7,11-13H,5-6,8-10,16H2,1-2H3,(H,17,19). The summed E-state index contributed by atoms with van der Waals surface area (Å²) in [6.07, 6.45) is 1.13. The highest BCUT2D eigenvalue weighted by Gasteiger charge is 2.26. The summed E-state index contributed by atoms with van der Waals surface area (Å²) in [5.74, 6) is 1.30. The molecule has 1 saturated heterocycles. The number of nitrogens with two attached hydrogens (primary N) is 1. The van der Waals surface area contributed by atoms with Gasteiger partial charge in [-0.25, -0.2) is 0 Å². The Kier molecular flexibility index (Phi) is 5.57. The molecule has 3 unspecified atom stereocenters. The van der Waals surface area contributed by atoms with Crippen LogP contribution in [0.15, 0.2) is 17.5 Å². The summed E-state index contributed by atoms with van der Waals surface area (Å²) >= 11 is 1.68. The zero-order chi connectivity index (χ0) is 14.5. The molecule has 0 bridgehead atoms. The summed E-state index contributed by atoms with van der Waals surface area (Å²) in [5.41, 5.74) is 5.81. The van der Waals surface area contributed by atoms with E-state index >= 15 is 0 Å². The molecule has 4 nitrogen and oxygen atoms in total. The van der Waals surface area contributed by atoms with Crippen LogP contribution in [0.25, 0.3) is 0 Å². The Morgan fingerprint density at radius 1 is 1.65 bits per heavy atom. The van der Waals surface area contributed by atoms with E-state index < -0.39 is 0 Å². The molecule has 1 aromatic rings. The van der Waals surface area contributed by atoms with Gasteiger partial charge in [0.25, 0.3) is 0 Å². The van der Waals surface area contributed by atoms with Crippen LogP contribution >= 0.6 is 11.3 Å². The van der Waals surface area contributed by atoms with E-state index in [0.717, 1.165) is 19.5 Å². The van der Waals surface area contributed by atoms with Gasteiger partial charge in [-0.05, 0) is 49.7 Å². The van der Waals surface area contributed by atoms with Gasteiger partial charge in [-0.15, -0.1) is 11.3 Å². The number of hydrogen-bond acceptors (Lipinski definition) is 4. The third-order valence-corrected chi connectivity index (χ3v) is 5.27. The van der Waals surface area contributed by atoms with Crippen LogP contribution in [0.4, 0.5) is 0 Å². The Hall–Kier alpha value is -0.910. The second kappa shape index (κ2) is 7.20. The average Bonchev–Trinajstić information content (AvgIpc) is 2.95. The molecular weight excluding hydrogens is 270 g/mol. The van der Waals surface area contributed by atoms with Crippen molar-refractivity contribution in [1.82, 2.24) is 10.2 Å². The molecule has 20 heavy (non-hydrogen) atoms. The molecule has 0 spiro atoms. The zero-order valence-electron chi connectivity index (χ0n) is 12.3. The minimum atomic E-state index is 0.0940. The predicted molar refractivity (Wildman–Crippen MR) is 83.6 cm³/mol. The molecule has 2 heterocycles. The number of rotatable bonds is 5. The molecule has 112 valence electrons. The smallest absolute Gasteiger partial charge is 0.234 e. The molecule has 3 N–H and O–H groups in total. The van der Waals surface area contributed by atoms with Crippen molar-refractivity contribution in [3.63, 3.8) is 0 Å². The number of hydrogen-bond donors (Lipinski definition) is 2.